The van der Waals surface area contributed by atoms with E-state index in [4.69, 9.17) is 14.2 Å². The van der Waals surface area contributed by atoms with Crippen molar-refractivity contribution in [3.8, 4) is 0 Å². The van der Waals surface area contributed by atoms with Crippen LogP contribution in [-0.4, -0.2) is 82.7 Å². The molecule has 4 aliphatic carbocycles. The Balaban J connectivity index is 1.59. The second-order valence-electron chi connectivity index (χ2n) is 12.5. The number of hydrogen-bond acceptors (Lipinski definition) is 8. The van der Waals surface area contributed by atoms with E-state index in [1.54, 1.807) is 13.8 Å². The van der Waals surface area contributed by atoms with Gasteiger partial charge in [0.15, 0.2) is 6.29 Å². The van der Waals surface area contributed by atoms with Gasteiger partial charge in [0.05, 0.1) is 23.7 Å². The number of ether oxygens (including phenoxy) is 3. The zero-order valence-corrected chi connectivity index (χ0v) is 21.7. The molecule has 3 saturated carbocycles. The Hall–Kier alpha value is -1.36. The van der Waals surface area contributed by atoms with E-state index < -0.39 is 58.5 Å². The van der Waals surface area contributed by atoms with Crippen LogP contribution in [0.4, 0.5) is 0 Å². The lowest BCUT2D eigenvalue weighted by atomic mass is 9.42. The standard InChI is InChI=1S/C27H40O9/c1-13(2)17-8-15-9-25(11-28)16-6-7-24(4,33)18(16)10-26(15,27(17,25)23(31)32)12-35-22-20(30)19(29)21(34-5)14(3)36-22/h8,11,13-16,18-22,29-30,33H,6-7,9-10,12H2,1-5H3,(H,31,32). The van der Waals surface area contributed by atoms with E-state index in [1.807, 2.05) is 19.9 Å². The summed E-state index contributed by atoms with van der Waals surface area (Å²) in [6.45, 7) is 7.34. The maximum Gasteiger partial charge on any atom is 0.315 e. The Morgan fingerprint density at radius 2 is 1.94 bits per heavy atom. The SMILES string of the molecule is COC1C(C)OC(OCC23CC4C(CCC4(C)O)C4(C=O)CC2C=C(C(C)C)C43C(=O)O)C(O)C1O. The molecular formula is C27H40O9. The number of allylic oxidation sites excluding steroid dienone is 1. The van der Waals surface area contributed by atoms with Crippen molar-refractivity contribution < 1.29 is 44.2 Å². The molecule has 0 aromatic heterocycles. The molecule has 4 fully saturated rings. The van der Waals surface area contributed by atoms with Gasteiger partial charge in [-0.05, 0) is 63.2 Å². The summed E-state index contributed by atoms with van der Waals surface area (Å²) in [5.74, 6) is -1.83. The van der Waals surface area contributed by atoms with Gasteiger partial charge in [-0.2, -0.15) is 0 Å². The molecule has 36 heavy (non-hydrogen) atoms. The third-order valence-electron chi connectivity index (χ3n) is 10.7. The number of rotatable bonds is 7. The van der Waals surface area contributed by atoms with Gasteiger partial charge >= 0.3 is 5.97 Å². The molecule has 202 valence electrons. The Kier molecular flexibility index (Phi) is 6.07. The van der Waals surface area contributed by atoms with E-state index >= 15 is 0 Å². The smallest absolute Gasteiger partial charge is 0.315 e. The van der Waals surface area contributed by atoms with Gasteiger partial charge < -0.3 is 39.4 Å². The predicted molar refractivity (Wildman–Crippen MR) is 127 cm³/mol. The molecule has 1 saturated heterocycles. The number of hydrogen-bond donors (Lipinski definition) is 4. The molecule has 0 amide bonds. The predicted octanol–water partition coefficient (Wildman–Crippen LogP) is 1.52. The number of carbonyl (C=O) groups excluding carboxylic acids is 1. The molecule has 5 aliphatic rings. The number of methoxy groups -OCH3 is 1. The lowest BCUT2D eigenvalue weighted by Crippen LogP contribution is -2.65. The summed E-state index contributed by atoms with van der Waals surface area (Å²) in [5.41, 5.74) is -3.87. The van der Waals surface area contributed by atoms with E-state index in [-0.39, 0.29) is 30.3 Å². The number of carboxylic acids is 1. The van der Waals surface area contributed by atoms with Crippen molar-refractivity contribution >= 4 is 12.3 Å². The van der Waals surface area contributed by atoms with Gasteiger partial charge in [-0.1, -0.05) is 25.5 Å². The molecule has 4 N–H and O–H groups in total. The van der Waals surface area contributed by atoms with Gasteiger partial charge in [-0.3, -0.25) is 4.79 Å². The molecule has 4 bridgehead atoms. The largest absolute Gasteiger partial charge is 0.481 e. The third kappa shape index (κ3) is 2.93. The summed E-state index contributed by atoms with van der Waals surface area (Å²) in [6.07, 6.45) is -0.264. The summed E-state index contributed by atoms with van der Waals surface area (Å²) < 4.78 is 17.3. The van der Waals surface area contributed by atoms with Crippen molar-refractivity contribution in [3.05, 3.63) is 11.6 Å². The van der Waals surface area contributed by atoms with E-state index in [9.17, 15) is 30.0 Å². The fraction of sp³-hybridized carbons (Fsp3) is 0.852. The zero-order chi connectivity index (χ0) is 26.4. The van der Waals surface area contributed by atoms with Crippen molar-refractivity contribution in [1.29, 1.82) is 0 Å². The molecule has 1 aliphatic heterocycles. The maximum absolute atomic E-state index is 13.5. The second-order valence-corrected chi connectivity index (χ2v) is 12.5. The highest BCUT2D eigenvalue weighted by molar-refractivity contribution is 5.90. The number of aliphatic carboxylic acids is 1. The molecule has 9 nitrogen and oxygen atoms in total. The molecule has 5 rings (SSSR count). The first-order chi connectivity index (χ1) is 16.8. The molecule has 0 spiro atoms. The number of aldehydes is 1. The van der Waals surface area contributed by atoms with Crippen molar-refractivity contribution in [3.63, 3.8) is 0 Å². The minimum atomic E-state index is -1.47. The molecule has 12 atom stereocenters. The number of aliphatic hydroxyl groups excluding tert-OH is 2. The van der Waals surface area contributed by atoms with E-state index in [0.29, 0.717) is 25.7 Å². The number of carbonyl (C=O) groups is 2. The number of aliphatic hydroxyl groups is 3. The molecular weight excluding hydrogens is 468 g/mol. The number of carboxylic acid groups (broad SMARTS) is 1. The normalized spacial score (nSPS) is 53.4. The Labute approximate surface area is 211 Å². The lowest BCUT2D eigenvalue weighted by Gasteiger charge is -2.59. The Morgan fingerprint density at radius 1 is 1.25 bits per heavy atom. The molecule has 1 heterocycles. The molecule has 0 aromatic carbocycles. The van der Waals surface area contributed by atoms with Crippen molar-refractivity contribution in [1.82, 2.24) is 0 Å². The van der Waals surface area contributed by atoms with Crippen LogP contribution in [-0.2, 0) is 23.8 Å². The van der Waals surface area contributed by atoms with Crippen LogP contribution >= 0.6 is 0 Å². The second kappa shape index (κ2) is 8.32. The monoisotopic (exact) mass is 508 g/mol. The van der Waals surface area contributed by atoms with Crippen LogP contribution in [0.15, 0.2) is 11.6 Å². The van der Waals surface area contributed by atoms with E-state index in [0.717, 1.165) is 11.9 Å². The van der Waals surface area contributed by atoms with Gasteiger partial charge in [-0.25, -0.2) is 0 Å². The zero-order valence-electron chi connectivity index (χ0n) is 21.7. The van der Waals surface area contributed by atoms with Crippen LogP contribution in [0.2, 0.25) is 0 Å². The fourth-order valence-corrected chi connectivity index (χ4v) is 9.30. The molecule has 0 aromatic rings. The third-order valence-corrected chi connectivity index (χ3v) is 10.7. The van der Waals surface area contributed by atoms with Crippen LogP contribution in [0.25, 0.3) is 0 Å². The average molecular weight is 509 g/mol. The van der Waals surface area contributed by atoms with E-state index in [2.05, 4.69) is 0 Å². The first-order valence-electron chi connectivity index (χ1n) is 13.1. The van der Waals surface area contributed by atoms with Crippen LogP contribution in [0.5, 0.6) is 0 Å². The molecule has 0 radical (unpaired) electrons. The van der Waals surface area contributed by atoms with Gasteiger partial charge in [-0.15, -0.1) is 0 Å². The van der Waals surface area contributed by atoms with Crippen LogP contribution in [0.1, 0.15) is 53.4 Å². The topological polar surface area (TPSA) is 143 Å². The highest BCUT2D eigenvalue weighted by Gasteiger charge is 2.85. The van der Waals surface area contributed by atoms with Crippen LogP contribution in [0.3, 0.4) is 0 Å². The summed E-state index contributed by atoms with van der Waals surface area (Å²) in [4.78, 5) is 26.6. The summed E-state index contributed by atoms with van der Waals surface area (Å²) in [5, 5.41) is 43.6. The highest BCUT2D eigenvalue weighted by Crippen LogP contribution is 2.82. The minimum Gasteiger partial charge on any atom is -0.481 e. The van der Waals surface area contributed by atoms with Crippen LogP contribution < -0.4 is 0 Å². The van der Waals surface area contributed by atoms with Gasteiger partial charge in [0.1, 0.15) is 30.0 Å². The molecule has 9 heteroatoms. The summed E-state index contributed by atoms with van der Waals surface area (Å²) in [7, 11) is 1.43. The van der Waals surface area contributed by atoms with Gasteiger partial charge in [0.2, 0.25) is 0 Å². The first kappa shape index (κ1) is 26.3. The van der Waals surface area contributed by atoms with E-state index in [1.165, 1.54) is 7.11 Å². The summed E-state index contributed by atoms with van der Waals surface area (Å²) >= 11 is 0. The summed E-state index contributed by atoms with van der Waals surface area (Å²) in [6, 6.07) is 0. The fourth-order valence-electron chi connectivity index (χ4n) is 9.30. The quantitative estimate of drug-likeness (QED) is 0.297. The average Bonchev–Trinajstić information content (AvgIpc) is 3.34. The lowest BCUT2D eigenvalue weighted by molar-refractivity contribution is -0.307. The number of fused-ring (bicyclic) bond motifs is 2. The first-order valence-corrected chi connectivity index (χ1v) is 13.1. The Morgan fingerprint density at radius 3 is 2.53 bits per heavy atom. The highest BCUT2D eigenvalue weighted by atomic mass is 16.7. The van der Waals surface area contributed by atoms with Gasteiger partial charge in [0, 0.05) is 12.5 Å². The Bertz CT molecular complexity index is 961. The maximum atomic E-state index is 13.5. The van der Waals surface area contributed by atoms with Crippen molar-refractivity contribution in [2.75, 3.05) is 13.7 Å². The molecule has 12 unspecified atom stereocenters. The van der Waals surface area contributed by atoms with Gasteiger partial charge in [0.25, 0.3) is 0 Å². The van der Waals surface area contributed by atoms with Crippen molar-refractivity contribution in [2.24, 2.45) is 39.9 Å². The minimum absolute atomic E-state index is 0.0790. The van der Waals surface area contributed by atoms with Crippen LogP contribution in [0, 0.1) is 39.9 Å². The van der Waals surface area contributed by atoms with Crippen molar-refractivity contribution in [2.45, 2.75) is 89.7 Å².